The number of anilines is 1. The highest BCUT2D eigenvalue weighted by molar-refractivity contribution is 9.09. The van der Waals surface area contributed by atoms with Crippen molar-refractivity contribution in [2.45, 2.75) is 11.8 Å². The average molecular weight is 361 g/mol. The maximum atomic E-state index is 12.2. The van der Waals surface area contributed by atoms with Crippen LogP contribution >= 0.6 is 15.9 Å². The first-order valence-corrected chi connectivity index (χ1v) is 9.71. The number of rotatable bonds is 5. The molecule has 20 heavy (non-hydrogen) atoms. The molecule has 1 saturated heterocycles. The summed E-state index contributed by atoms with van der Waals surface area (Å²) >= 11 is 3.46. The quantitative estimate of drug-likeness (QED) is 0.753. The SMILES string of the molecule is CCS(=O)(=O)c1ccccc1N1CCN(CCBr)CC1. The summed E-state index contributed by atoms with van der Waals surface area (Å²) in [6.45, 7) is 6.45. The third-order valence-electron chi connectivity index (χ3n) is 3.69. The lowest BCUT2D eigenvalue weighted by Gasteiger charge is -2.36. The number of sulfone groups is 1. The molecule has 1 fully saturated rings. The zero-order chi connectivity index (χ0) is 14.6. The molecule has 1 heterocycles. The topological polar surface area (TPSA) is 40.6 Å². The monoisotopic (exact) mass is 360 g/mol. The van der Waals surface area contributed by atoms with Crippen molar-refractivity contribution in [3.05, 3.63) is 24.3 Å². The third-order valence-corrected chi connectivity index (χ3v) is 5.82. The lowest BCUT2D eigenvalue weighted by molar-refractivity contribution is 0.273. The van der Waals surface area contributed by atoms with E-state index in [1.807, 2.05) is 12.1 Å². The van der Waals surface area contributed by atoms with Gasteiger partial charge in [-0.3, -0.25) is 4.90 Å². The van der Waals surface area contributed by atoms with Gasteiger partial charge in [-0.05, 0) is 12.1 Å². The molecule has 112 valence electrons. The predicted molar refractivity (Wildman–Crippen MR) is 86.6 cm³/mol. The van der Waals surface area contributed by atoms with Crippen LogP contribution in [0.1, 0.15) is 6.92 Å². The van der Waals surface area contributed by atoms with Gasteiger partial charge < -0.3 is 4.90 Å². The van der Waals surface area contributed by atoms with Gasteiger partial charge in [-0.25, -0.2) is 8.42 Å². The zero-order valence-electron chi connectivity index (χ0n) is 11.8. The fourth-order valence-electron chi connectivity index (χ4n) is 2.47. The number of benzene rings is 1. The Kier molecular flexibility index (Phi) is 5.46. The summed E-state index contributed by atoms with van der Waals surface area (Å²) in [5, 5.41) is 0.980. The Bertz CT molecular complexity index is 540. The Morgan fingerprint density at radius 3 is 2.40 bits per heavy atom. The Hall–Kier alpha value is -0.590. The van der Waals surface area contributed by atoms with Crippen LogP contribution in [0.25, 0.3) is 0 Å². The number of para-hydroxylation sites is 1. The summed E-state index contributed by atoms with van der Waals surface area (Å²) in [6.07, 6.45) is 0. The number of hydrogen-bond acceptors (Lipinski definition) is 4. The van der Waals surface area contributed by atoms with Gasteiger partial charge in [-0.2, -0.15) is 0 Å². The van der Waals surface area contributed by atoms with E-state index in [4.69, 9.17) is 0 Å². The first-order valence-electron chi connectivity index (χ1n) is 6.93. The first-order chi connectivity index (χ1) is 9.58. The fourth-order valence-corrected chi connectivity index (χ4v) is 4.08. The number of piperazine rings is 1. The van der Waals surface area contributed by atoms with Crippen molar-refractivity contribution in [1.82, 2.24) is 4.90 Å². The lowest BCUT2D eigenvalue weighted by atomic mass is 10.2. The second-order valence-electron chi connectivity index (χ2n) is 4.89. The predicted octanol–water partition coefficient (Wildman–Crippen LogP) is 2.00. The molecule has 0 atom stereocenters. The molecule has 0 unspecified atom stereocenters. The molecule has 6 heteroatoms. The van der Waals surface area contributed by atoms with Crippen LogP contribution in [0.15, 0.2) is 29.2 Å². The van der Waals surface area contributed by atoms with Gasteiger partial charge in [0.25, 0.3) is 0 Å². The summed E-state index contributed by atoms with van der Waals surface area (Å²) in [5.41, 5.74) is 0.854. The molecular weight excluding hydrogens is 340 g/mol. The van der Waals surface area contributed by atoms with Gasteiger partial charge in [-0.15, -0.1) is 0 Å². The van der Waals surface area contributed by atoms with E-state index < -0.39 is 9.84 Å². The van der Waals surface area contributed by atoms with E-state index in [1.54, 1.807) is 19.1 Å². The largest absolute Gasteiger partial charge is 0.368 e. The highest BCUT2D eigenvalue weighted by Crippen LogP contribution is 2.26. The Balaban J connectivity index is 2.19. The molecular formula is C14H21BrN2O2S. The molecule has 4 nitrogen and oxygen atoms in total. The van der Waals surface area contributed by atoms with Crippen LogP contribution in [-0.2, 0) is 9.84 Å². The summed E-state index contributed by atoms with van der Waals surface area (Å²) in [6, 6.07) is 7.35. The van der Waals surface area contributed by atoms with Crippen LogP contribution < -0.4 is 4.90 Å². The molecule has 0 aromatic heterocycles. The van der Waals surface area contributed by atoms with Crippen molar-refractivity contribution < 1.29 is 8.42 Å². The molecule has 0 saturated carbocycles. The number of alkyl halides is 1. The normalized spacial score (nSPS) is 17.4. The number of halogens is 1. The molecule has 0 spiro atoms. The van der Waals surface area contributed by atoms with Crippen LogP contribution in [0.4, 0.5) is 5.69 Å². The molecule has 1 aromatic carbocycles. The van der Waals surface area contributed by atoms with Gasteiger partial charge in [-0.1, -0.05) is 35.0 Å². The molecule has 0 aliphatic carbocycles. The first kappa shape index (κ1) is 15.8. The molecule has 1 aliphatic heterocycles. The molecule has 1 aliphatic rings. The summed E-state index contributed by atoms with van der Waals surface area (Å²) in [4.78, 5) is 5.05. The zero-order valence-corrected chi connectivity index (χ0v) is 14.2. The van der Waals surface area contributed by atoms with E-state index in [1.165, 1.54) is 0 Å². The van der Waals surface area contributed by atoms with Gasteiger partial charge in [0.2, 0.25) is 0 Å². The maximum absolute atomic E-state index is 12.2. The summed E-state index contributed by atoms with van der Waals surface area (Å²) in [5.74, 6) is 0.146. The van der Waals surface area contributed by atoms with Crippen molar-refractivity contribution in [1.29, 1.82) is 0 Å². The van der Waals surface area contributed by atoms with Crippen LogP contribution in [0, 0.1) is 0 Å². The minimum Gasteiger partial charge on any atom is -0.368 e. The maximum Gasteiger partial charge on any atom is 0.180 e. The number of nitrogens with zero attached hydrogens (tertiary/aromatic N) is 2. The van der Waals surface area contributed by atoms with Crippen LogP contribution in [-0.4, -0.2) is 57.1 Å². The molecule has 0 amide bonds. The van der Waals surface area contributed by atoms with E-state index in [0.29, 0.717) is 4.90 Å². The minimum atomic E-state index is -3.16. The molecule has 0 radical (unpaired) electrons. The molecule has 0 bridgehead atoms. The van der Waals surface area contributed by atoms with Gasteiger partial charge in [0.05, 0.1) is 16.3 Å². The second-order valence-corrected chi connectivity index (χ2v) is 7.93. The van der Waals surface area contributed by atoms with E-state index in [-0.39, 0.29) is 5.75 Å². The minimum absolute atomic E-state index is 0.146. The smallest absolute Gasteiger partial charge is 0.180 e. The summed E-state index contributed by atoms with van der Waals surface area (Å²) in [7, 11) is -3.16. The lowest BCUT2D eigenvalue weighted by Crippen LogP contribution is -2.47. The van der Waals surface area contributed by atoms with Gasteiger partial charge in [0.1, 0.15) is 0 Å². The Morgan fingerprint density at radius 2 is 1.80 bits per heavy atom. The van der Waals surface area contributed by atoms with E-state index in [2.05, 4.69) is 25.7 Å². The molecule has 0 N–H and O–H groups in total. The molecule has 2 rings (SSSR count). The van der Waals surface area contributed by atoms with Crippen molar-refractivity contribution in [2.75, 3.05) is 48.7 Å². The summed E-state index contributed by atoms with van der Waals surface area (Å²) < 4.78 is 24.4. The fraction of sp³-hybridized carbons (Fsp3) is 0.571. The van der Waals surface area contributed by atoms with E-state index in [9.17, 15) is 8.42 Å². The van der Waals surface area contributed by atoms with Crippen LogP contribution in [0.5, 0.6) is 0 Å². The standard InChI is InChI=1S/C14H21BrN2O2S/c1-2-20(18,19)14-6-4-3-5-13(14)17-11-9-16(8-7-15)10-12-17/h3-6H,2,7-12H2,1H3. The van der Waals surface area contributed by atoms with E-state index >= 15 is 0 Å². The van der Waals surface area contributed by atoms with Crippen LogP contribution in [0.3, 0.4) is 0 Å². The van der Waals surface area contributed by atoms with Gasteiger partial charge in [0, 0.05) is 38.1 Å². The van der Waals surface area contributed by atoms with Crippen molar-refractivity contribution in [2.24, 2.45) is 0 Å². The van der Waals surface area contributed by atoms with E-state index in [0.717, 1.165) is 43.7 Å². The third kappa shape index (κ3) is 3.54. The van der Waals surface area contributed by atoms with Crippen molar-refractivity contribution in [3.8, 4) is 0 Å². The van der Waals surface area contributed by atoms with Crippen LogP contribution in [0.2, 0.25) is 0 Å². The highest BCUT2D eigenvalue weighted by atomic mass is 79.9. The van der Waals surface area contributed by atoms with Gasteiger partial charge in [0.15, 0.2) is 9.84 Å². The Labute approximate surface area is 129 Å². The van der Waals surface area contributed by atoms with Gasteiger partial charge >= 0.3 is 0 Å². The Morgan fingerprint density at radius 1 is 1.15 bits per heavy atom. The van der Waals surface area contributed by atoms with Crippen molar-refractivity contribution >= 4 is 31.5 Å². The molecule has 1 aromatic rings. The van der Waals surface area contributed by atoms with Crippen molar-refractivity contribution in [3.63, 3.8) is 0 Å². The average Bonchev–Trinajstić information content (AvgIpc) is 2.48. The highest BCUT2D eigenvalue weighted by Gasteiger charge is 2.23. The number of hydrogen-bond donors (Lipinski definition) is 0. The second kappa shape index (κ2) is 6.91.